The van der Waals surface area contributed by atoms with Gasteiger partial charge < -0.3 is 10.2 Å². The van der Waals surface area contributed by atoms with Gasteiger partial charge in [-0.1, -0.05) is 0 Å². The number of amides is 1. The van der Waals surface area contributed by atoms with Crippen LogP contribution in [0.2, 0.25) is 0 Å². The van der Waals surface area contributed by atoms with Gasteiger partial charge in [0.2, 0.25) is 11.9 Å². The zero-order valence-corrected chi connectivity index (χ0v) is 10.5. The van der Waals surface area contributed by atoms with Crippen LogP contribution in [0.1, 0.15) is 24.2 Å². The molecule has 1 N–H and O–H groups in total. The number of hydrogen-bond acceptors (Lipinski definition) is 4. The van der Waals surface area contributed by atoms with Crippen molar-refractivity contribution < 1.29 is 4.79 Å². The van der Waals surface area contributed by atoms with Crippen LogP contribution in [0.15, 0.2) is 6.07 Å². The van der Waals surface area contributed by atoms with Gasteiger partial charge in [0, 0.05) is 25.7 Å². The van der Waals surface area contributed by atoms with E-state index in [1.54, 1.807) is 0 Å². The van der Waals surface area contributed by atoms with Crippen molar-refractivity contribution in [2.75, 3.05) is 19.0 Å². The second-order valence-electron chi connectivity index (χ2n) is 4.69. The first-order valence-electron chi connectivity index (χ1n) is 5.86. The first-order chi connectivity index (χ1) is 8.06. The molecule has 2 rings (SSSR count). The first kappa shape index (κ1) is 11.8. The maximum absolute atomic E-state index is 11.5. The van der Waals surface area contributed by atoms with Crippen molar-refractivity contribution in [3.63, 3.8) is 0 Å². The van der Waals surface area contributed by atoms with Crippen molar-refractivity contribution in [3.05, 3.63) is 17.5 Å². The van der Waals surface area contributed by atoms with Gasteiger partial charge in [0.25, 0.3) is 0 Å². The van der Waals surface area contributed by atoms with Crippen molar-refractivity contribution in [3.8, 4) is 0 Å². The van der Waals surface area contributed by atoms with Gasteiger partial charge >= 0.3 is 0 Å². The second kappa shape index (κ2) is 4.69. The fourth-order valence-electron chi connectivity index (χ4n) is 1.57. The summed E-state index contributed by atoms with van der Waals surface area (Å²) in [7, 11) is 3.81. The second-order valence-corrected chi connectivity index (χ2v) is 4.69. The summed E-state index contributed by atoms with van der Waals surface area (Å²) in [5.41, 5.74) is 1.77. The number of anilines is 1. The first-order valence-corrected chi connectivity index (χ1v) is 5.86. The Morgan fingerprint density at radius 1 is 1.47 bits per heavy atom. The zero-order chi connectivity index (χ0) is 12.4. The molecule has 0 aliphatic heterocycles. The quantitative estimate of drug-likeness (QED) is 0.840. The largest absolute Gasteiger partial charge is 0.350 e. The minimum Gasteiger partial charge on any atom is -0.350 e. The van der Waals surface area contributed by atoms with Crippen molar-refractivity contribution in [1.29, 1.82) is 0 Å². The van der Waals surface area contributed by atoms with Crippen LogP contribution in [0.5, 0.6) is 0 Å². The minimum absolute atomic E-state index is 0.146. The number of aryl methyl sites for hydroxylation is 1. The standard InChI is InChI=1S/C12H18N4O/c1-8-6-10(15-12(14-8)16(2)3)7-13-11(17)9-4-5-9/h6,9H,4-5,7H2,1-3H3,(H,13,17). The number of hydrogen-bond donors (Lipinski definition) is 1. The molecule has 1 heterocycles. The number of aromatic nitrogens is 2. The van der Waals surface area contributed by atoms with Crippen LogP contribution >= 0.6 is 0 Å². The Morgan fingerprint density at radius 2 is 2.18 bits per heavy atom. The van der Waals surface area contributed by atoms with E-state index in [0.29, 0.717) is 12.5 Å². The number of nitrogens with zero attached hydrogens (tertiary/aromatic N) is 3. The van der Waals surface area contributed by atoms with Gasteiger partial charge in [-0.25, -0.2) is 9.97 Å². The molecule has 17 heavy (non-hydrogen) atoms. The topological polar surface area (TPSA) is 58.1 Å². The fourth-order valence-corrected chi connectivity index (χ4v) is 1.57. The van der Waals surface area contributed by atoms with Crippen LogP contribution in [0.25, 0.3) is 0 Å². The Morgan fingerprint density at radius 3 is 2.76 bits per heavy atom. The highest BCUT2D eigenvalue weighted by Crippen LogP contribution is 2.28. The maximum Gasteiger partial charge on any atom is 0.225 e. The van der Waals surface area contributed by atoms with Gasteiger partial charge in [0.1, 0.15) is 0 Å². The predicted octanol–water partition coefficient (Wildman–Crippen LogP) is 0.877. The number of nitrogens with one attached hydrogen (secondary N) is 1. The molecule has 1 aliphatic carbocycles. The van der Waals surface area contributed by atoms with Crippen LogP contribution in [0.4, 0.5) is 5.95 Å². The van der Waals surface area contributed by atoms with Crippen LogP contribution in [0.3, 0.4) is 0 Å². The Balaban J connectivity index is 2.01. The molecule has 92 valence electrons. The molecular weight excluding hydrogens is 216 g/mol. The predicted molar refractivity (Wildman–Crippen MR) is 65.7 cm³/mol. The summed E-state index contributed by atoms with van der Waals surface area (Å²) in [6, 6.07) is 1.90. The lowest BCUT2D eigenvalue weighted by atomic mass is 10.3. The third-order valence-corrected chi connectivity index (χ3v) is 2.69. The number of carbonyl (C=O) groups is 1. The van der Waals surface area contributed by atoms with E-state index in [9.17, 15) is 4.79 Å². The molecule has 0 saturated heterocycles. The van der Waals surface area contributed by atoms with E-state index in [4.69, 9.17) is 0 Å². The van der Waals surface area contributed by atoms with Crippen LogP contribution in [-0.2, 0) is 11.3 Å². The summed E-state index contributed by atoms with van der Waals surface area (Å²) in [6.07, 6.45) is 2.05. The third-order valence-electron chi connectivity index (χ3n) is 2.69. The lowest BCUT2D eigenvalue weighted by molar-refractivity contribution is -0.122. The Bertz CT molecular complexity index is 427. The van der Waals surface area contributed by atoms with E-state index in [2.05, 4.69) is 15.3 Å². The Labute approximate surface area is 101 Å². The van der Waals surface area contributed by atoms with E-state index in [1.165, 1.54) is 0 Å². The maximum atomic E-state index is 11.5. The summed E-state index contributed by atoms with van der Waals surface area (Å²) in [5.74, 6) is 1.07. The number of rotatable bonds is 4. The molecule has 1 aliphatic rings. The van der Waals surface area contributed by atoms with Crippen molar-refractivity contribution >= 4 is 11.9 Å². The molecule has 1 saturated carbocycles. The Kier molecular flexibility index (Phi) is 3.26. The van der Waals surface area contributed by atoms with Crippen LogP contribution < -0.4 is 10.2 Å². The molecule has 1 aromatic rings. The summed E-state index contributed by atoms with van der Waals surface area (Å²) in [5, 5.41) is 2.91. The van der Waals surface area contributed by atoms with Crippen molar-refractivity contribution in [2.24, 2.45) is 5.92 Å². The summed E-state index contributed by atoms with van der Waals surface area (Å²) < 4.78 is 0. The van der Waals surface area contributed by atoms with E-state index < -0.39 is 0 Å². The molecule has 0 bridgehead atoms. The van der Waals surface area contributed by atoms with Crippen LogP contribution in [-0.4, -0.2) is 30.0 Å². The average molecular weight is 234 g/mol. The van der Waals surface area contributed by atoms with Gasteiger partial charge in [0.05, 0.1) is 12.2 Å². The smallest absolute Gasteiger partial charge is 0.225 e. The SMILES string of the molecule is Cc1cc(CNC(=O)C2CC2)nc(N(C)C)n1. The van der Waals surface area contributed by atoms with Gasteiger partial charge in [0.15, 0.2) is 0 Å². The summed E-state index contributed by atoms with van der Waals surface area (Å²) in [6.45, 7) is 2.42. The highest BCUT2D eigenvalue weighted by atomic mass is 16.2. The van der Waals surface area contributed by atoms with Gasteiger partial charge in [-0.2, -0.15) is 0 Å². The summed E-state index contributed by atoms with van der Waals surface area (Å²) in [4.78, 5) is 22.1. The molecule has 0 atom stereocenters. The van der Waals surface area contributed by atoms with Crippen LogP contribution in [0, 0.1) is 12.8 Å². The average Bonchev–Trinajstić information content (AvgIpc) is 3.08. The molecule has 0 spiro atoms. The molecular formula is C12H18N4O. The monoisotopic (exact) mass is 234 g/mol. The highest BCUT2D eigenvalue weighted by Gasteiger charge is 2.29. The lowest BCUT2D eigenvalue weighted by Gasteiger charge is -2.12. The lowest BCUT2D eigenvalue weighted by Crippen LogP contribution is -2.25. The van der Waals surface area contributed by atoms with Gasteiger partial charge in [-0.3, -0.25) is 4.79 Å². The molecule has 0 aromatic carbocycles. The van der Waals surface area contributed by atoms with E-state index in [-0.39, 0.29) is 11.8 Å². The molecule has 0 radical (unpaired) electrons. The van der Waals surface area contributed by atoms with Crippen molar-refractivity contribution in [1.82, 2.24) is 15.3 Å². The molecule has 0 unspecified atom stereocenters. The normalized spacial score (nSPS) is 14.5. The molecule has 5 nitrogen and oxygen atoms in total. The number of carbonyl (C=O) groups excluding carboxylic acids is 1. The van der Waals surface area contributed by atoms with Crippen molar-refractivity contribution in [2.45, 2.75) is 26.3 Å². The third kappa shape index (κ3) is 3.15. The Hall–Kier alpha value is -1.65. The molecule has 1 fully saturated rings. The van der Waals surface area contributed by atoms with E-state index >= 15 is 0 Å². The summed E-state index contributed by atoms with van der Waals surface area (Å²) >= 11 is 0. The highest BCUT2D eigenvalue weighted by molar-refractivity contribution is 5.80. The van der Waals surface area contributed by atoms with E-state index in [1.807, 2.05) is 32.0 Å². The van der Waals surface area contributed by atoms with Gasteiger partial charge in [-0.15, -0.1) is 0 Å². The fraction of sp³-hybridized carbons (Fsp3) is 0.583. The van der Waals surface area contributed by atoms with E-state index in [0.717, 1.165) is 24.2 Å². The molecule has 1 aromatic heterocycles. The zero-order valence-electron chi connectivity index (χ0n) is 10.5. The molecule has 5 heteroatoms. The minimum atomic E-state index is 0.146. The van der Waals surface area contributed by atoms with Gasteiger partial charge in [-0.05, 0) is 25.8 Å². The molecule has 1 amide bonds.